The molecule has 1 aliphatic rings. The molecule has 1 aliphatic carbocycles. The van der Waals surface area contributed by atoms with E-state index in [0.717, 1.165) is 25.0 Å². The highest BCUT2D eigenvalue weighted by molar-refractivity contribution is 6.01. The number of ketones is 1. The lowest BCUT2D eigenvalue weighted by molar-refractivity contribution is 0.0348. The third-order valence-electron chi connectivity index (χ3n) is 3.52. The third kappa shape index (κ3) is 2.20. The first kappa shape index (κ1) is 12.1. The van der Waals surface area contributed by atoms with Crippen molar-refractivity contribution < 1.29 is 14.6 Å². The highest BCUT2D eigenvalue weighted by Gasteiger charge is 2.43. The molecule has 3 nitrogen and oxygen atoms in total. The third-order valence-corrected chi connectivity index (χ3v) is 3.52. The zero-order valence-electron chi connectivity index (χ0n) is 10.1. The maximum absolute atomic E-state index is 12.2. The van der Waals surface area contributed by atoms with E-state index in [9.17, 15) is 9.90 Å². The number of carbonyl (C=O) groups is 1. The van der Waals surface area contributed by atoms with Crippen LogP contribution in [-0.2, 0) is 0 Å². The number of benzene rings is 1. The van der Waals surface area contributed by atoms with E-state index in [2.05, 4.69) is 0 Å². The number of carbonyl (C=O) groups excluding carboxylic acids is 1. The minimum atomic E-state index is -0.507. The predicted molar refractivity (Wildman–Crippen MR) is 65.3 cm³/mol. The van der Waals surface area contributed by atoms with E-state index in [-0.39, 0.29) is 12.4 Å². The van der Waals surface area contributed by atoms with Gasteiger partial charge in [0, 0.05) is 5.56 Å². The summed E-state index contributed by atoms with van der Waals surface area (Å²) < 4.78 is 5.33. The van der Waals surface area contributed by atoms with Crippen molar-refractivity contribution in [3.05, 3.63) is 29.8 Å². The van der Waals surface area contributed by atoms with Crippen LogP contribution in [0.3, 0.4) is 0 Å². The average molecular weight is 234 g/mol. The van der Waals surface area contributed by atoms with Crippen LogP contribution >= 0.6 is 0 Å². The Balaban J connectivity index is 2.14. The summed E-state index contributed by atoms with van der Waals surface area (Å²) in [4.78, 5) is 12.2. The molecule has 0 unspecified atom stereocenters. The Labute approximate surface area is 101 Å². The van der Waals surface area contributed by atoms with Crippen LogP contribution in [0.5, 0.6) is 5.75 Å². The fourth-order valence-corrected chi connectivity index (χ4v) is 2.24. The van der Waals surface area contributed by atoms with Gasteiger partial charge in [-0.1, -0.05) is 6.42 Å². The molecule has 0 heterocycles. The minimum absolute atomic E-state index is 0.0426. The first-order chi connectivity index (χ1) is 8.22. The number of ether oxygens (including phenoxy) is 1. The maximum atomic E-state index is 12.2. The number of aliphatic hydroxyl groups is 1. The largest absolute Gasteiger partial charge is 0.494 e. The lowest BCUT2D eigenvalue weighted by Crippen LogP contribution is -2.41. The highest BCUT2D eigenvalue weighted by Crippen LogP contribution is 2.43. The summed E-state index contributed by atoms with van der Waals surface area (Å²) in [6, 6.07) is 7.17. The lowest BCUT2D eigenvalue weighted by atomic mass is 9.65. The topological polar surface area (TPSA) is 46.5 Å². The first-order valence-corrected chi connectivity index (χ1v) is 6.10. The molecular weight excluding hydrogens is 216 g/mol. The quantitative estimate of drug-likeness (QED) is 0.796. The molecule has 2 rings (SSSR count). The minimum Gasteiger partial charge on any atom is -0.494 e. The molecule has 0 aliphatic heterocycles. The Hall–Kier alpha value is -1.35. The van der Waals surface area contributed by atoms with Crippen LogP contribution < -0.4 is 4.74 Å². The molecule has 1 aromatic rings. The Bertz CT molecular complexity index is 385. The first-order valence-electron chi connectivity index (χ1n) is 6.10. The number of aliphatic hydroxyl groups excluding tert-OH is 1. The Kier molecular flexibility index (Phi) is 3.48. The standard InChI is InChI=1S/C14H18O3/c1-2-17-12-6-4-11(5-7-12)13(16)14(10-15)8-3-9-14/h4-7,15H,2-3,8-10H2,1H3. The zero-order chi connectivity index (χ0) is 12.3. The van der Waals surface area contributed by atoms with Crippen molar-refractivity contribution in [1.29, 1.82) is 0 Å². The van der Waals surface area contributed by atoms with Crippen LogP contribution in [0.15, 0.2) is 24.3 Å². The van der Waals surface area contributed by atoms with Gasteiger partial charge < -0.3 is 9.84 Å². The van der Waals surface area contributed by atoms with E-state index in [4.69, 9.17) is 4.74 Å². The Morgan fingerprint density at radius 1 is 1.35 bits per heavy atom. The summed E-state index contributed by atoms with van der Waals surface area (Å²) in [6.07, 6.45) is 2.63. The molecule has 0 bridgehead atoms. The smallest absolute Gasteiger partial charge is 0.171 e. The molecule has 0 radical (unpaired) electrons. The van der Waals surface area contributed by atoms with Gasteiger partial charge in [0.25, 0.3) is 0 Å². The van der Waals surface area contributed by atoms with Crippen LogP contribution in [0.2, 0.25) is 0 Å². The number of hydrogen-bond donors (Lipinski definition) is 1. The highest BCUT2D eigenvalue weighted by atomic mass is 16.5. The van der Waals surface area contributed by atoms with Crippen LogP contribution in [-0.4, -0.2) is 24.1 Å². The molecule has 0 saturated heterocycles. The van der Waals surface area contributed by atoms with Crippen molar-refractivity contribution in [2.24, 2.45) is 5.41 Å². The van der Waals surface area contributed by atoms with Crippen LogP contribution in [0, 0.1) is 5.41 Å². The second kappa shape index (κ2) is 4.88. The van der Waals surface area contributed by atoms with E-state index in [0.29, 0.717) is 12.2 Å². The predicted octanol–water partition coefficient (Wildman–Crippen LogP) is 2.43. The molecule has 3 heteroatoms. The van der Waals surface area contributed by atoms with Crippen LogP contribution in [0.4, 0.5) is 0 Å². The Morgan fingerprint density at radius 2 is 2.00 bits per heavy atom. The van der Waals surface area contributed by atoms with Gasteiger partial charge in [0.05, 0.1) is 18.6 Å². The van der Waals surface area contributed by atoms with Crippen molar-refractivity contribution in [2.75, 3.05) is 13.2 Å². The van der Waals surface area contributed by atoms with Crippen molar-refractivity contribution >= 4 is 5.78 Å². The fourth-order valence-electron chi connectivity index (χ4n) is 2.24. The zero-order valence-corrected chi connectivity index (χ0v) is 10.1. The number of Topliss-reactive ketones (excluding diaryl/α,β-unsaturated/α-hetero) is 1. The molecule has 0 atom stereocenters. The SMILES string of the molecule is CCOc1ccc(C(=O)C2(CO)CCC2)cc1. The number of hydrogen-bond acceptors (Lipinski definition) is 3. The van der Waals surface area contributed by atoms with Gasteiger partial charge in [0.1, 0.15) is 5.75 Å². The molecule has 0 spiro atoms. The van der Waals surface area contributed by atoms with E-state index >= 15 is 0 Å². The van der Waals surface area contributed by atoms with Gasteiger partial charge in [-0.25, -0.2) is 0 Å². The second-order valence-electron chi connectivity index (χ2n) is 4.58. The summed E-state index contributed by atoms with van der Waals surface area (Å²) in [5.41, 5.74) is 0.162. The van der Waals surface area contributed by atoms with Gasteiger partial charge in [-0.3, -0.25) is 4.79 Å². The molecular formula is C14H18O3. The Morgan fingerprint density at radius 3 is 2.41 bits per heavy atom. The molecule has 17 heavy (non-hydrogen) atoms. The van der Waals surface area contributed by atoms with Crippen LogP contribution in [0.25, 0.3) is 0 Å². The van der Waals surface area contributed by atoms with Crippen LogP contribution in [0.1, 0.15) is 36.5 Å². The van der Waals surface area contributed by atoms with Crippen molar-refractivity contribution in [2.45, 2.75) is 26.2 Å². The molecule has 92 valence electrons. The van der Waals surface area contributed by atoms with Gasteiger partial charge in [-0.2, -0.15) is 0 Å². The second-order valence-corrected chi connectivity index (χ2v) is 4.58. The molecule has 1 fully saturated rings. The molecule has 1 N–H and O–H groups in total. The monoisotopic (exact) mass is 234 g/mol. The fraction of sp³-hybridized carbons (Fsp3) is 0.500. The van der Waals surface area contributed by atoms with Crippen molar-refractivity contribution in [3.8, 4) is 5.75 Å². The molecule has 0 aromatic heterocycles. The van der Waals surface area contributed by atoms with Gasteiger partial charge in [-0.05, 0) is 44.0 Å². The molecule has 0 amide bonds. The van der Waals surface area contributed by atoms with Crippen molar-refractivity contribution in [3.63, 3.8) is 0 Å². The molecule has 1 aromatic carbocycles. The lowest BCUT2D eigenvalue weighted by Gasteiger charge is -2.38. The van der Waals surface area contributed by atoms with Gasteiger partial charge in [-0.15, -0.1) is 0 Å². The maximum Gasteiger partial charge on any atom is 0.171 e. The van der Waals surface area contributed by atoms with E-state index in [1.165, 1.54) is 0 Å². The van der Waals surface area contributed by atoms with E-state index < -0.39 is 5.41 Å². The molecule has 1 saturated carbocycles. The van der Waals surface area contributed by atoms with Crippen molar-refractivity contribution in [1.82, 2.24) is 0 Å². The van der Waals surface area contributed by atoms with Gasteiger partial charge >= 0.3 is 0 Å². The normalized spacial score (nSPS) is 17.3. The summed E-state index contributed by atoms with van der Waals surface area (Å²) in [5.74, 6) is 0.838. The average Bonchev–Trinajstić information content (AvgIpc) is 2.29. The van der Waals surface area contributed by atoms with Gasteiger partial charge in [0.2, 0.25) is 0 Å². The van der Waals surface area contributed by atoms with E-state index in [1.54, 1.807) is 24.3 Å². The summed E-state index contributed by atoms with van der Waals surface area (Å²) >= 11 is 0. The van der Waals surface area contributed by atoms with E-state index in [1.807, 2.05) is 6.92 Å². The summed E-state index contributed by atoms with van der Waals surface area (Å²) in [7, 11) is 0. The van der Waals surface area contributed by atoms with Gasteiger partial charge in [0.15, 0.2) is 5.78 Å². The number of rotatable bonds is 5. The summed E-state index contributed by atoms with van der Waals surface area (Å²) in [5, 5.41) is 9.36. The summed E-state index contributed by atoms with van der Waals surface area (Å²) in [6.45, 7) is 2.50.